The van der Waals surface area contributed by atoms with Crippen molar-refractivity contribution >= 4 is 17.2 Å². The highest BCUT2D eigenvalue weighted by Gasteiger charge is 2.30. The van der Waals surface area contributed by atoms with Crippen LogP contribution in [0.1, 0.15) is 29.9 Å². The summed E-state index contributed by atoms with van der Waals surface area (Å²) < 4.78 is 0. The average Bonchev–Trinajstić information content (AvgIpc) is 2.57. The predicted molar refractivity (Wildman–Crippen MR) is 92.4 cm³/mol. The summed E-state index contributed by atoms with van der Waals surface area (Å²) in [6.07, 6.45) is 1.95. The van der Waals surface area contributed by atoms with E-state index in [2.05, 4.69) is 4.99 Å². The van der Waals surface area contributed by atoms with Gasteiger partial charge in [-0.05, 0) is 37.0 Å². The van der Waals surface area contributed by atoms with Crippen molar-refractivity contribution in [3.63, 3.8) is 0 Å². The van der Waals surface area contributed by atoms with Gasteiger partial charge in [0.25, 0.3) is 0 Å². The van der Waals surface area contributed by atoms with Crippen LogP contribution in [0, 0.1) is 6.92 Å². The van der Waals surface area contributed by atoms with Crippen molar-refractivity contribution in [3.05, 3.63) is 77.6 Å². The molecule has 1 aliphatic rings. The molecule has 0 spiro atoms. The predicted octanol–water partition coefficient (Wildman–Crippen LogP) is 4.66. The van der Waals surface area contributed by atoms with Gasteiger partial charge in [0, 0.05) is 6.42 Å². The first kappa shape index (κ1) is 15.2. The molecule has 0 unspecified atom stereocenters. The van der Waals surface area contributed by atoms with Crippen LogP contribution in [0.5, 0.6) is 0 Å². The fraction of sp³-hybridized carbons (Fsp3) is 0.200. The van der Waals surface area contributed by atoms with E-state index in [0.29, 0.717) is 24.1 Å². The Morgan fingerprint density at radius 2 is 1.74 bits per heavy atom. The normalized spacial score (nSPS) is 21.8. The summed E-state index contributed by atoms with van der Waals surface area (Å²) in [5, 5.41) is 9.45. The molecule has 2 aromatic rings. The second-order valence-electron chi connectivity index (χ2n) is 5.88. The lowest BCUT2D eigenvalue weighted by Crippen LogP contribution is -2.25. The minimum absolute atomic E-state index is 0.0570. The highest BCUT2D eigenvalue weighted by molar-refractivity contribution is 6.24. The molecule has 0 saturated heterocycles. The van der Waals surface area contributed by atoms with Crippen LogP contribution in [0.2, 0.25) is 0 Å². The van der Waals surface area contributed by atoms with Crippen LogP contribution in [0.3, 0.4) is 0 Å². The quantitative estimate of drug-likeness (QED) is 0.648. The zero-order valence-electron chi connectivity index (χ0n) is 13.1. The smallest absolute Gasteiger partial charge is 0.168 e. The molecule has 0 bridgehead atoms. The van der Waals surface area contributed by atoms with Crippen LogP contribution in [0.15, 0.2) is 71.4 Å². The van der Waals surface area contributed by atoms with Gasteiger partial charge >= 0.3 is 0 Å². The van der Waals surface area contributed by atoms with Gasteiger partial charge in [-0.25, -0.2) is 0 Å². The second-order valence-corrected chi connectivity index (χ2v) is 5.88. The maximum absolute atomic E-state index is 12.4. The Labute approximate surface area is 136 Å². The third kappa shape index (κ3) is 3.39. The molecule has 1 fully saturated rings. The van der Waals surface area contributed by atoms with E-state index in [1.165, 1.54) is 0 Å². The van der Waals surface area contributed by atoms with Crippen molar-refractivity contribution in [2.75, 3.05) is 0 Å². The summed E-state index contributed by atoms with van der Waals surface area (Å²) in [4.78, 5) is 17.0. The minimum Gasteiger partial charge on any atom is -0.515 e. The van der Waals surface area contributed by atoms with Crippen LogP contribution >= 0.6 is 0 Å². The first-order valence-electron chi connectivity index (χ1n) is 7.74. The van der Waals surface area contributed by atoms with E-state index in [4.69, 9.17) is 0 Å². The second kappa shape index (κ2) is 6.61. The van der Waals surface area contributed by atoms with Gasteiger partial charge in [0.15, 0.2) is 5.78 Å². The standard InChI is InChI=1S/C20H19NO2/c1-14-7-9-17(10-8-14)21-19-11-16(12-20(23)18(19)13-22)15-5-3-2-4-6-15/h2-10,13,16,22H,11-12H2,1H3/b18-13+,21-19?/t16-/m1/s1. The molecule has 1 N–H and O–H groups in total. The number of aryl methyl sites for hydroxylation is 1. The van der Waals surface area contributed by atoms with Crippen LogP contribution in [0.25, 0.3) is 0 Å². The number of allylic oxidation sites excluding steroid dienone is 1. The summed E-state index contributed by atoms with van der Waals surface area (Å²) in [7, 11) is 0. The van der Waals surface area contributed by atoms with E-state index in [9.17, 15) is 9.90 Å². The minimum atomic E-state index is -0.0570. The molecule has 0 heterocycles. The van der Waals surface area contributed by atoms with Gasteiger partial charge in [-0.1, -0.05) is 48.0 Å². The first-order valence-corrected chi connectivity index (χ1v) is 7.74. The number of rotatable bonds is 2. The van der Waals surface area contributed by atoms with E-state index in [-0.39, 0.29) is 11.7 Å². The van der Waals surface area contributed by atoms with Crippen LogP contribution in [0.4, 0.5) is 5.69 Å². The van der Waals surface area contributed by atoms with Gasteiger partial charge in [-0.15, -0.1) is 0 Å². The van der Waals surface area contributed by atoms with E-state index < -0.39 is 0 Å². The highest BCUT2D eigenvalue weighted by atomic mass is 16.2. The molecule has 3 nitrogen and oxygen atoms in total. The average molecular weight is 305 g/mol. The van der Waals surface area contributed by atoms with Crippen molar-refractivity contribution in [1.29, 1.82) is 0 Å². The van der Waals surface area contributed by atoms with Gasteiger partial charge in [0.2, 0.25) is 0 Å². The Balaban J connectivity index is 1.95. The molecule has 23 heavy (non-hydrogen) atoms. The fourth-order valence-electron chi connectivity index (χ4n) is 2.90. The van der Waals surface area contributed by atoms with Crippen molar-refractivity contribution in [2.45, 2.75) is 25.7 Å². The molecule has 1 saturated carbocycles. The van der Waals surface area contributed by atoms with Crippen LogP contribution in [-0.2, 0) is 4.79 Å². The lowest BCUT2D eigenvalue weighted by Gasteiger charge is -2.24. The van der Waals surface area contributed by atoms with E-state index >= 15 is 0 Å². The van der Waals surface area contributed by atoms with E-state index in [1.807, 2.05) is 61.5 Å². The molecule has 0 aromatic heterocycles. The molecule has 1 atom stereocenters. The van der Waals surface area contributed by atoms with Crippen LogP contribution < -0.4 is 0 Å². The van der Waals surface area contributed by atoms with Gasteiger partial charge in [-0.2, -0.15) is 0 Å². The SMILES string of the molecule is Cc1ccc(N=C2C[C@@H](c3ccccc3)CC(=O)/C2=C/O)cc1. The number of hydrogen-bond acceptors (Lipinski definition) is 3. The third-order valence-electron chi connectivity index (χ3n) is 4.18. The number of hydrogen-bond donors (Lipinski definition) is 1. The first-order chi connectivity index (χ1) is 11.2. The molecular weight excluding hydrogens is 286 g/mol. The summed E-state index contributed by atoms with van der Waals surface area (Å²) in [5.74, 6) is 0.0510. The maximum Gasteiger partial charge on any atom is 0.168 e. The van der Waals surface area contributed by atoms with Crippen LogP contribution in [-0.4, -0.2) is 16.6 Å². The molecule has 3 heteroatoms. The fourth-order valence-corrected chi connectivity index (χ4v) is 2.90. The lowest BCUT2D eigenvalue weighted by atomic mass is 9.80. The molecule has 0 amide bonds. The number of aliphatic hydroxyl groups excluding tert-OH is 1. The Morgan fingerprint density at radius 3 is 2.39 bits per heavy atom. The number of nitrogens with zero attached hydrogens (tertiary/aromatic N) is 1. The number of ketones is 1. The number of aliphatic hydroxyl groups is 1. The van der Waals surface area contributed by atoms with Crippen molar-refractivity contribution in [3.8, 4) is 0 Å². The van der Waals surface area contributed by atoms with Crippen molar-refractivity contribution < 1.29 is 9.90 Å². The zero-order valence-corrected chi connectivity index (χ0v) is 13.1. The lowest BCUT2D eigenvalue weighted by molar-refractivity contribution is -0.115. The molecule has 0 radical (unpaired) electrons. The number of carbonyl (C=O) groups excluding carboxylic acids is 1. The summed E-state index contributed by atoms with van der Waals surface area (Å²) in [6, 6.07) is 17.8. The zero-order chi connectivity index (χ0) is 16.2. The molecule has 3 rings (SSSR count). The van der Waals surface area contributed by atoms with E-state index in [1.54, 1.807) is 0 Å². The Hall–Kier alpha value is -2.68. The third-order valence-corrected chi connectivity index (χ3v) is 4.18. The molecular formula is C20H19NO2. The van der Waals surface area contributed by atoms with Crippen molar-refractivity contribution in [1.82, 2.24) is 0 Å². The topological polar surface area (TPSA) is 49.7 Å². The Morgan fingerprint density at radius 1 is 1.04 bits per heavy atom. The highest BCUT2D eigenvalue weighted by Crippen LogP contribution is 2.33. The van der Waals surface area contributed by atoms with E-state index in [0.717, 1.165) is 23.1 Å². The van der Waals surface area contributed by atoms with Gasteiger partial charge < -0.3 is 5.11 Å². The monoisotopic (exact) mass is 305 g/mol. The molecule has 116 valence electrons. The molecule has 2 aromatic carbocycles. The summed E-state index contributed by atoms with van der Waals surface area (Å²) in [5.41, 5.74) is 4.08. The Bertz CT molecular complexity index is 758. The molecule has 1 aliphatic carbocycles. The number of aliphatic imine (C=N–C) groups is 1. The maximum atomic E-state index is 12.4. The van der Waals surface area contributed by atoms with Gasteiger partial charge in [0.05, 0.1) is 23.2 Å². The summed E-state index contributed by atoms with van der Waals surface area (Å²) in [6.45, 7) is 2.02. The number of benzene rings is 2. The molecule has 0 aliphatic heterocycles. The summed E-state index contributed by atoms with van der Waals surface area (Å²) >= 11 is 0. The largest absolute Gasteiger partial charge is 0.515 e. The van der Waals surface area contributed by atoms with Gasteiger partial charge in [-0.3, -0.25) is 9.79 Å². The number of carbonyl (C=O) groups is 1. The Kier molecular flexibility index (Phi) is 4.38. The number of Topliss-reactive ketones (excluding diaryl/α,β-unsaturated/α-hetero) is 1. The van der Waals surface area contributed by atoms with Gasteiger partial charge in [0.1, 0.15) is 0 Å². The van der Waals surface area contributed by atoms with Crippen molar-refractivity contribution in [2.24, 2.45) is 4.99 Å².